The van der Waals surface area contributed by atoms with Crippen molar-refractivity contribution < 1.29 is 13.3 Å². The van der Waals surface area contributed by atoms with Gasteiger partial charge in [-0.05, 0) is 134 Å². The van der Waals surface area contributed by atoms with Gasteiger partial charge in [-0.1, -0.05) is 162 Å². The molecule has 3 aliphatic carbocycles. The Bertz CT molecular complexity index is 4640. The van der Waals surface area contributed by atoms with Gasteiger partial charge in [-0.3, -0.25) is 0 Å². The molecule has 4 heteroatoms. The van der Waals surface area contributed by atoms with Crippen molar-refractivity contribution in [2.24, 2.45) is 0 Å². The van der Waals surface area contributed by atoms with Crippen LogP contribution in [-0.4, -0.2) is 0 Å². The van der Waals surface area contributed by atoms with Gasteiger partial charge in [0.1, 0.15) is 33.5 Å². The van der Waals surface area contributed by atoms with Crippen LogP contribution in [0.4, 0.5) is 17.1 Å². The Balaban J connectivity index is 0.933. The molecule has 3 aliphatic rings. The Morgan fingerprint density at radius 1 is 0.338 bits per heavy atom. The lowest BCUT2D eigenvalue weighted by atomic mass is 9.72. The average Bonchev–Trinajstić information content (AvgIpc) is 4.38. The quantitative estimate of drug-likeness (QED) is 0.176. The first-order valence-electron chi connectivity index (χ1n) is 26.1. The average molecular weight is 954 g/mol. The van der Waals surface area contributed by atoms with E-state index in [2.05, 4.69) is 229 Å². The number of hydrogen-bond acceptors (Lipinski definition) is 4. The van der Waals surface area contributed by atoms with Gasteiger partial charge in [0.15, 0.2) is 0 Å². The van der Waals surface area contributed by atoms with E-state index in [4.69, 9.17) is 13.3 Å². The first-order chi connectivity index (χ1) is 35.9. The van der Waals surface area contributed by atoms with E-state index in [9.17, 15) is 0 Å². The van der Waals surface area contributed by atoms with Crippen LogP contribution in [0.3, 0.4) is 0 Å². The van der Waals surface area contributed by atoms with Crippen molar-refractivity contribution in [1.29, 1.82) is 0 Å². The van der Waals surface area contributed by atoms with E-state index in [1.165, 1.54) is 83.1 Å². The van der Waals surface area contributed by atoms with Crippen LogP contribution >= 0.6 is 0 Å². The van der Waals surface area contributed by atoms with Crippen molar-refractivity contribution in [3.05, 3.63) is 221 Å². The summed E-state index contributed by atoms with van der Waals surface area (Å²) in [5.74, 6) is 0. The fourth-order valence-electron chi connectivity index (χ4n) is 14.1. The molecular weight excluding hydrogens is 903 g/mol. The molecule has 16 rings (SSSR count). The Morgan fingerprint density at radius 3 is 1.54 bits per heavy atom. The fourth-order valence-corrected chi connectivity index (χ4v) is 14.1. The number of fused-ring (bicyclic) bond motifs is 22. The summed E-state index contributed by atoms with van der Waals surface area (Å²) in [7, 11) is 0. The van der Waals surface area contributed by atoms with Gasteiger partial charge < -0.3 is 18.2 Å². The lowest BCUT2D eigenvalue weighted by Crippen LogP contribution is -2.24. The maximum Gasteiger partial charge on any atom is 0.144 e. The minimum atomic E-state index is -0.361. The second kappa shape index (κ2) is 14.1. The van der Waals surface area contributed by atoms with Crippen molar-refractivity contribution in [1.82, 2.24) is 0 Å². The number of para-hydroxylation sites is 3. The number of nitrogens with zero attached hydrogens (tertiary/aromatic N) is 1. The molecule has 354 valence electrons. The molecule has 0 saturated heterocycles. The van der Waals surface area contributed by atoms with Gasteiger partial charge in [-0.15, -0.1) is 0 Å². The summed E-state index contributed by atoms with van der Waals surface area (Å²) in [4.78, 5) is 2.46. The number of rotatable bonds is 4. The lowest BCUT2D eigenvalue weighted by molar-refractivity contribution is 0.600. The summed E-state index contributed by atoms with van der Waals surface area (Å²) in [6, 6.07) is 66.9. The molecule has 0 spiro atoms. The highest BCUT2D eigenvalue weighted by molar-refractivity contribution is 6.22. The first kappa shape index (κ1) is 42.0. The van der Waals surface area contributed by atoms with Gasteiger partial charge in [0.25, 0.3) is 0 Å². The van der Waals surface area contributed by atoms with E-state index in [1.807, 2.05) is 6.07 Å². The zero-order valence-electron chi connectivity index (χ0n) is 42.5. The third-order valence-electron chi connectivity index (χ3n) is 17.7. The Morgan fingerprint density at radius 2 is 0.838 bits per heavy atom. The van der Waals surface area contributed by atoms with Gasteiger partial charge in [0.05, 0.1) is 0 Å². The van der Waals surface area contributed by atoms with Crippen LogP contribution in [0, 0.1) is 6.92 Å². The fraction of sp³-hybridized carbons (Fsp3) is 0.143. The van der Waals surface area contributed by atoms with Crippen LogP contribution < -0.4 is 4.90 Å². The van der Waals surface area contributed by atoms with Crippen molar-refractivity contribution >= 4 is 82.9 Å². The number of benzene rings is 10. The van der Waals surface area contributed by atoms with Gasteiger partial charge in [-0.25, -0.2) is 0 Å². The Kier molecular flexibility index (Phi) is 8.01. The molecule has 3 heterocycles. The van der Waals surface area contributed by atoms with E-state index in [0.29, 0.717) is 0 Å². The van der Waals surface area contributed by atoms with Gasteiger partial charge in [0, 0.05) is 82.8 Å². The first-order valence-corrected chi connectivity index (χ1v) is 26.1. The minimum Gasteiger partial charge on any atom is -0.456 e. The molecule has 0 radical (unpaired) electrons. The van der Waals surface area contributed by atoms with E-state index in [0.717, 1.165) is 83.2 Å². The summed E-state index contributed by atoms with van der Waals surface area (Å²) in [6.45, 7) is 16.6. The zero-order valence-corrected chi connectivity index (χ0v) is 42.5. The Hall–Kier alpha value is -8.60. The smallest absolute Gasteiger partial charge is 0.144 e. The monoisotopic (exact) mass is 953 g/mol. The highest BCUT2D eigenvalue weighted by Gasteiger charge is 2.49. The number of aryl methyl sites for hydroxylation is 1. The van der Waals surface area contributed by atoms with Gasteiger partial charge in [0.2, 0.25) is 0 Å². The summed E-state index contributed by atoms with van der Waals surface area (Å²) in [5, 5.41) is 6.91. The predicted octanol–water partition coefficient (Wildman–Crippen LogP) is 19.7. The summed E-state index contributed by atoms with van der Waals surface area (Å²) < 4.78 is 20.5. The molecule has 0 bridgehead atoms. The molecule has 0 atom stereocenters. The summed E-state index contributed by atoms with van der Waals surface area (Å²) >= 11 is 0. The van der Waals surface area contributed by atoms with Gasteiger partial charge >= 0.3 is 0 Å². The second-order valence-electron chi connectivity index (χ2n) is 22.8. The number of anilines is 3. The van der Waals surface area contributed by atoms with Crippen LogP contribution in [-0.2, 0) is 16.2 Å². The molecule has 0 unspecified atom stereocenters. The van der Waals surface area contributed by atoms with Crippen molar-refractivity contribution in [3.63, 3.8) is 0 Å². The van der Waals surface area contributed by atoms with E-state index in [1.54, 1.807) is 0 Å². The third-order valence-corrected chi connectivity index (χ3v) is 17.7. The molecule has 4 nitrogen and oxygen atoms in total. The Labute approximate surface area is 429 Å². The van der Waals surface area contributed by atoms with E-state index >= 15 is 0 Å². The molecule has 13 aromatic rings. The molecule has 74 heavy (non-hydrogen) atoms. The molecule has 3 aromatic heterocycles. The zero-order chi connectivity index (χ0) is 49.7. The standard InChI is InChI=1S/C70H51NO3/c1-38-24-26-39(27-25-38)50-37-54-59(61-48-18-10-14-22-56(48)73-66(50)61)46-32-29-40(34-52(46)68(54,2)3)71(42-28-31-44-43-16-9-13-21-55(43)72-58(44)36-42)41-30-33-47-53(35-41)70(6,7)64-60(47)62-49-19-11-15-23-57(49)74-67(62)63-45-17-8-12-20-51(45)69(4,5)65(63)64/h8-37H,1-7H3. The number of hydrogen-bond donors (Lipinski definition) is 0. The van der Waals surface area contributed by atoms with Crippen molar-refractivity contribution in [2.75, 3.05) is 4.90 Å². The third kappa shape index (κ3) is 5.27. The summed E-state index contributed by atoms with van der Waals surface area (Å²) in [6.07, 6.45) is 0. The van der Waals surface area contributed by atoms with Crippen LogP contribution in [0.5, 0.6) is 0 Å². The summed E-state index contributed by atoms with van der Waals surface area (Å²) in [5.41, 5.74) is 26.9. The maximum absolute atomic E-state index is 7.02. The van der Waals surface area contributed by atoms with Gasteiger partial charge in [-0.2, -0.15) is 0 Å². The maximum atomic E-state index is 7.02. The molecule has 0 N–H and O–H groups in total. The van der Waals surface area contributed by atoms with E-state index in [-0.39, 0.29) is 16.2 Å². The highest BCUT2D eigenvalue weighted by atomic mass is 16.3. The van der Waals surface area contributed by atoms with Crippen LogP contribution in [0.1, 0.15) is 80.5 Å². The number of furan rings is 3. The van der Waals surface area contributed by atoms with Crippen molar-refractivity contribution in [3.8, 4) is 44.5 Å². The van der Waals surface area contributed by atoms with E-state index < -0.39 is 0 Å². The van der Waals surface area contributed by atoms with Crippen molar-refractivity contribution in [2.45, 2.75) is 64.7 Å². The normalized spacial score (nSPS) is 15.3. The topological polar surface area (TPSA) is 42.7 Å². The molecular formula is C70H51NO3. The second-order valence-corrected chi connectivity index (χ2v) is 22.8. The molecule has 0 fully saturated rings. The van der Waals surface area contributed by atoms with Crippen LogP contribution in [0.2, 0.25) is 0 Å². The largest absolute Gasteiger partial charge is 0.456 e. The van der Waals surface area contributed by atoms with Crippen LogP contribution in [0.25, 0.3) is 110 Å². The molecule has 0 amide bonds. The molecule has 0 saturated carbocycles. The predicted molar refractivity (Wildman–Crippen MR) is 306 cm³/mol. The minimum absolute atomic E-state index is 0.247. The highest BCUT2D eigenvalue weighted by Crippen LogP contribution is 2.64. The molecule has 10 aromatic carbocycles. The molecule has 0 aliphatic heterocycles. The lowest BCUT2D eigenvalue weighted by Gasteiger charge is -2.32. The van der Waals surface area contributed by atoms with Crippen LogP contribution in [0.15, 0.2) is 195 Å². The SMILES string of the molecule is Cc1ccc(-c2cc3c(c4c2oc2ccccc24)-c2ccc(N(c4ccc5c(c4)C(C)(C)c4c6c(c7oc8ccccc8c7c4-5)-c4ccccc4C6(C)C)c4ccc5c(c4)oc4ccccc45)cc2C3(C)C)cc1.